The van der Waals surface area contributed by atoms with Crippen LogP contribution in [0.1, 0.15) is 24.6 Å². The molecule has 0 atom stereocenters. The number of rotatable bonds is 7. The molecule has 0 fully saturated rings. The van der Waals surface area contributed by atoms with Crippen molar-refractivity contribution in [1.29, 1.82) is 0 Å². The second-order valence-electron chi connectivity index (χ2n) is 4.78. The molecule has 0 bridgehead atoms. The van der Waals surface area contributed by atoms with E-state index in [4.69, 9.17) is 4.74 Å². The zero-order valence-corrected chi connectivity index (χ0v) is 12.2. The van der Waals surface area contributed by atoms with Gasteiger partial charge >= 0.3 is 0 Å². The molecule has 21 heavy (non-hydrogen) atoms. The minimum absolute atomic E-state index is 0.0138. The van der Waals surface area contributed by atoms with E-state index in [1.165, 1.54) is 5.56 Å². The van der Waals surface area contributed by atoms with Gasteiger partial charge in [0.25, 0.3) is 5.91 Å². The Bertz CT molecular complexity index is 553. The van der Waals surface area contributed by atoms with Gasteiger partial charge in [0.1, 0.15) is 5.75 Å². The van der Waals surface area contributed by atoms with E-state index in [0.717, 1.165) is 18.5 Å². The summed E-state index contributed by atoms with van der Waals surface area (Å²) in [6.45, 7) is 2.58. The zero-order chi connectivity index (χ0) is 14.9. The van der Waals surface area contributed by atoms with Crippen LogP contribution < -0.4 is 10.1 Å². The van der Waals surface area contributed by atoms with Gasteiger partial charge in [-0.05, 0) is 36.2 Å². The van der Waals surface area contributed by atoms with E-state index in [-0.39, 0.29) is 12.5 Å². The summed E-state index contributed by atoms with van der Waals surface area (Å²) in [5.74, 6) is 0.557. The molecule has 0 aliphatic carbocycles. The summed E-state index contributed by atoms with van der Waals surface area (Å²) in [5, 5.41) is 2.77. The molecule has 0 aliphatic heterocycles. The minimum atomic E-state index is -0.154. The zero-order valence-electron chi connectivity index (χ0n) is 12.2. The molecular weight excluding hydrogens is 264 g/mol. The van der Waals surface area contributed by atoms with Crippen molar-refractivity contribution in [3.63, 3.8) is 0 Å². The summed E-state index contributed by atoms with van der Waals surface area (Å²) in [4.78, 5) is 15.8. The molecule has 0 radical (unpaired) electrons. The molecule has 0 saturated heterocycles. The molecular formula is C17H20N2O2. The number of benzene rings is 1. The summed E-state index contributed by atoms with van der Waals surface area (Å²) in [7, 11) is 0. The highest BCUT2D eigenvalue weighted by atomic mass is 16.5. The maximum atomic E-state index is 11.7. The number of pyridine rings is 1. The van der Waals surface area contributed by atoms with Crippen molar-refractivity contribution in [2.75, 3.05) is 6.61 Å². The van der Waals surface area contributed by atoms with Gasteiger partial charge < -0.3 is 10.1 Å². The fourth-order valence-electron chi connectivity index (χ4n) is 1.93. The van der Waals surface area contributed by atoms with E-state index in [0.29, 0.717) is 12.3 Å². The Morgan fingerprint density at radius 3 is 2.67 bits per heavy atom. The summed E-state index contributed by atoms with van der Waals surface area (Å²) >= 11 is 0. The first kappa shape index (κ1) is 15.0. The Kier molecular flexibility index (Phi) is 5.76. The lowest BCUT2D eigenvalue weighted by molar-refractivity contribution is -0.123. The quantitative estimate of drug-likeness (QED) is 0.850. The van der Waals surface area contributed by atoms with Crippen molar-refractivity contribution < 1.29 is 9.53 Å². The smallest absolute Gasteiger partial charge is 0.258 e. The maximum Gasteiger partial charge on any atom is 0.258 e. The van der Waals surface area contributed by atoms with Crippen molar-refractivity contribution in [1.82, 2.24) is 10.3 Å². The highest BCUT2D eigenvalue weighted by Gasteiger charge is 2.03. The first-order valence-electron chi connectivity index (χ1n) is 7.16. The van der Waals surface area contributed by atoms with Crippen LogP contribution in [0.4, 0.5) is 0 Å². The number of ether oxygens (including phenoxy) is 1. The number of hydrogen-bond acceptors (Lipinski definition) is 3. The molecule has 1 N–H and O–H groups in total. The van der Waals surface area contributed by atoms with Gasteiger partial charge in [0.2, 0.25) is 0 Å². The van der Waals surface area contributed by atoms with Gasteiger partial charge in [-0.2, -0.15) is 0 Å². The number of aromatic nitrogens is 1. The Labute approximate surface area is 125 Å². The van der Waals surface area contributed by atoms with E-state index >= 15 is 0 Å². The summed E-state index contributed by atoms with van der Waals surface area (Å²) in [6.07, 6.45) is 3.89. The predicted octanol–water partition coefficient (Wildman–Crippen LogP) is 2.73. The number of carbonyl (C=O) groups excluding carboxylic acids is 1. The molecule has 0 spiro atoms. The van der Waals surface area contributed by atoms with E-state index in [1.807, 2.05) is 42.5 Å². The molecule has 1 aromatic heterocycles. The Morgan fingerprint density at radius 1 is 1.19 bits per heavy atom. The topological polar surface area (TPSA) is 51.2 Å². The normalized spacial score (nSPS) is 10.1. The van der Waals surface area contributed by atoms with Crippen molar-refractivity contribution in [3.05, 3.63) is 59.9 Å². The van der Waals surface area contributed by atoms with E-state index in [1.54, 1.807) is 6.20 Å². The molecule has 4 heteroatoms. The molecule has 1 amide bonds. The average Bonchev–Trinajstić information content (AvgIpc) is 2.53. The highest BCUT2D eigenvalue weighted by Crippen LogP contribution is 2.13. The van der Waals surface area contributed by atoms with Crippen LogP contribution >= 0.6 is 0 Å². The van der Waals surface area contributed by atoms with Gasteiger partial charge in [-0.25, -0.2) is 0 Å². The number of hydrogen-bond donors (Lipinski definition) is 1. The Balaban J connectivity index is 1.73. The van der Waals surface area contributed by atoms with Crippen LogP contribution in [-0.2, 0) is 17.8 Å². The lowest BCUT2D eigenvalue weighted by atomic mass is 10.1. The van der Waals surface area contributed by atoms with Crippen molar-refractivity contribution in [3.8, 4) is 5.75 Å². The van der Waals surface area contributed by atoms with Crippen LogP contribution in [0, 0.1) is 0 Å². The van der Waals surface area contributed by atoms with Crippen LogP contribution in [0.25, 0.3) is 0 Å². The Morgan fingerprint density at radius 2 is 2.00 bits per heavy atom. The largest absolute Gasteiger partial charge is 0.484 e. The first-order chi connectivity index (χ1) is 10.3. The van der Waals surface area contributed by atoms with Crippen molar-refractivity contribution in [2.45, 2.75) is 26.3 Å². The number of aryl methyl sites for hydroxylation is 1. The van der Waals surface area contributed by atoms with Crippen molar-refractivity contribution in [2.24, 2.45) is 0 Å². The third kappa shape index (κ3) is 5.26. The average molecular weight is 284 g/mol. The third-order valence-electron chi connectivity index (χ3n) is 3.02. The summed E-state index contributed by atoms with van der Waals surface area (Å²) in [6, 6.07) is 13.5. The number of nitrogens with zero attached hydrogens (tertiary/aromatic N) is 1. The lowest BCUT2D eigenvalue weighted by Crippen LogP contribution is -2.28. The van der Waals surface area contributed by atoms with Gasteiger partial charge in [0, 0.05) is 6.20 Å². The van der Waals surface area contributed by atoms with Gasteiger partial charge in [-0.1, -0.05) is 31.5 Å². The van der Waals surface area contributed by atoms with Crippen LogP contribution in [-0.4, -0.2) is 17.5 Å². The fourth-order valence-corrected chi connectivity index (χ4v) is 1.93. The van der Waals surface area contributed by atoms with Crippen molar-refractivity contribution >= 4 is 5.91 Å². The molecule has 1 aromatic carbocycles. The van der Waals surface area contributed by atoms with Gasteiger partial charge in [-0.15, -0.1) is 0 Å². The van der Waals surface area contributed by atoms with Gasteiger partial charge in [0.05, 0.1) is 12.2 Å². The standard InChI is InChI=1S/C17H20N2O2/c1-2-5-14-7-9-16(10-8-14)21-13-17(20)19-12-15-6-3-4-11-18-15/h3-4,6-11H,2,5,12-13H2,1H3,(H,19,20). The molecule has 110 valence electrons. The minimum Gasteiger partial charge on any atom is -0.484 e. The molecule has 2 aromatic rings. The SMILES string of the molecule is CCCc1ccc(OCC(=O)NCc2ccccn2)cc1. The number of carbonyl (C=O) groups is 1. The molecule has 2 rings (SSSR count). The van der Waals surface area contributed by atoms with E-state index in [2.05, 4.69) is 17.2 Å². The van der Waals surface area contributed by atoms with E-state index < -0.39 is 0 Å². The lowest BCUT2D eigenvalue weighted by Gasteiger charge is -2.08. The molecule has 0 saturated carbocycles. The number of amides is 1. The molecule has 1 heterocycles. The number of nitrogens with one attached hydrogen (secondary N) is 1. The maximum absolute atomic E-state index is 11.7. The third-order valence-corrected chi connectivity index (χ3v) is 3.02. The second kappa shape index (κ2) is 8.04. The molecule has 0 aliphatic rings. The van der Waals surface area contributed by atoms with Gasteiger partial charge in [-0.3, -0.25) is 9.78 Å². The monoisotopic (exact) mass is 284 g/mol. The van der Waals surface area contributed by atoms with Gasteiger partial charge in [0.15, 0.2) is 6.61 Å². The highest BCUT2D eigenvalue weighted by molar-refractivity contribution is 5.77. The predicted molar refractivity (Wildman–Crippen MR) is 82.0 cm³/mol. The first-order valence-corrected chi connectivity index (χ1v) is 7.16. The molecule has 0 unspecified atom stereocenters. The second-order valence-corrected chi connectivity index (χ2v) is 4.78. The fraction of sp³-hybridized carbons (Fsp3) is 0.294. The summed E-state index contributed by atoms with van der Waals surface area (Å²) in [5.41, 5.74) is 2.11. The summed E-state index contributed by atoms with van der Waals surface area (Å²) < 4.78 is 5.46. The van der Waals surface area contributed by atoms with Crippen LogP contribution in [0.15, 0.2) is 48.7 Å². The van der Waals surface area contributed by atoms with Crippen LogP contribution in [0.3, 0.4) is 0 Å². The molecule has 4 nitrogen and oxygen atoms in total. The van der Waals surface area contributed by atoms with Crippen LogP contribution in [0.5, 0.6) is 5.75 Å². The van der Waals surface area contributed by atoms with E-state index in [9.17, 15) is 4.79 Å². The Hall–Kier alpha value is -2.36. The van der Waals surface area contributed by atoms with Crippen LogP contribution in [0.2, 0.25) is 0 Å².